The number of urea groups is 1. The Hall–Kier alpha value is -2.96. The minimum absolute atomic E-state index is 0.0648. The first-order chi connectivity index (χ1) is 14.5. The maximum Gasteiger partial charge on any atom is 0.319 e. The number of amides is 3. The summed E-state index contributed by atoms with van der Waals surface area (Å²) < 4.78 is 28.9. The van der Waals surface area contributed by atoms with Crippen LogP contribution in [0.1, 0.15) is 54.4 Å². The molecule has 2 aliphatic rings. The molecule has 0 bridgehead atoms. The fraction of sp³-hybridized carbons (Fsp3) is 0.391. The lowest BCUT2D eigenvalue weighted by atomic mass is 9.78. The van der Waals surface area contributed by atoms with Gasteiger partial charge in [-0.05, 0) is 56.0 Å². The van der Waals surface area contributed by atoms with Crippen LogP contribution in [0.2, 0.25) is 0 Å². The van der Waals surface area contributed by atoms with Crippen molar-refractivity contribution >= 4 is 17.6 Å². The SMILES string of the molecule is O=C(Nc1cccc(C(=O)NCC2(c3c(F)cccc3F)CCCC2)c1)NC1CC1. The predicted octanol–water partition coefficient (Wildman–Crippen LogP) is 4.49. The van der Waals surface area contributed by atoms with Crippen molar-refractivity contribution in [2.45, 2.75) is 50.0 Å². The summed E-state index contributed by atoms with van der Waals surface area (Å²) in [7, 11) is 0. The molecule has 7 heteroatoms. The van der Waals surface area contributed by atoms with Gasteiger partial charge in [0.05, 0.1) is 0 Å². The average Bonchev–Trinajstić information content (AvgIpc) is 3.40. The molecule has 2 fully saturated rings. The maximum absolute atomic E-state index is 14.5. The standard InChI is InChI=1S/C23H25F2N3O2/c24-18-7-4-8-19(25)20(18)23(11-1-2-12-23)14-26-21(29)15-5-3-6-17(13-15)28-22(30)27-16-9-10-16/h3-8,13,16H,1-2,9-12,14H2,(H,26,29)(H2,27,28,30). The van der Waals surface area contributed by atoms with E-state index < -0.39 is 17.0 Å². The van der Waals surface area contributed by atoms with E-state index in [-0.39, 0.29) is 30.1 Å². The number of carbonyl (C=O) groups is 2. The number of benzene rings is 2. The largest absolute Gasteiger partial charge is 0.351 e. The van der Waals surface area contributed by atoms with Crippen LogP contribution >= 0.6 is 0 Å². The Bertz CT molecular complexity index is 933. The number of rotatable bonds is 6. The van der Waals surface area contributed by atoms with Crippen molar-refractivity contribution in [3.05, 3.63) is 65.2 Å². The smallest absolute Gasteiger partial charge is 0.319 e. The van der Waals surface area contributed by atoms with Crippen molar-refractivity contribution in [3.63, 3.8) is 0 Å². The number of carbonyl (C=O) groups excluding carboxylic acids is 2. The van der Waals surface area contributed by atoms with Crippen LogP contribution in [0.15, 0.2) is 42.5 Å². The van der Waals surface area contributed by atoms with Crippen molar-refractivity contribution in [1.29, 1.82) is 0 Å². The highest BCUT2D eigenvalue weighted by Gasteiger charge is 2.40. The highest BCUT2D eigenvalue weighted by molar-refractivity contribution is 5.97. The van der Waals surface area contributed by atoms with Crippen molar-refractivity contribution in [2.75, 3.05) is 11.9 Å². The molecule has 5 nitrogen and oxygen atoms in total. The fourth-order valence-corrected chi connectivity index (χ4v) is 4.24. The Balaban J connectivity index is 1.45. The minimum Gasteiger partial charge on any atom is -0.351 e. The van der Waals surface area contributed by atoms with Crippen LogP contribution in [0.4, 0.5) is 19.3 Å². The molecule has 158 valence electrons. The molecule has 4 rings (SSSR count). The van der Waals surface area contributed by atoms with Crippen LogP contribution in [-0.2, 0) is 5.41 Å². The van der Waals surface area contributed by atoms with Gasteiger partial charge in [-0.3, -0.25) is 4.79 Å². The topological polar surface area (TPSA) is 70.2 Å². The third-order valence-corrected chi connectivity index (χ3v) is 5.94. The molecule has 2 aromatic carbocycles. The summed E-state index contributed by atoms with van der Waals surface area (Å²) in [6.07, 6.45) is 4.93. The zero-order chi connectivity index (χ0) is 21.1. The molecule has 2 aliphatic carbocycles. The first-order valence-corrected chi connectivity index (χ1v) is 10.4. The molecule has 0 heterocycles. The zero-order valence-corrected chi connectivity index (χ0v) is 16.6. The van der Waals surface area contributed by atoms with Crippen molar-refractivity contribution in [1.82, 2.24) is 10.6 Å². The van der Waals surface area contributed by atoms with Gasteiger partial charge in [0, 0.05) is 34.8 Å². The highest BCUT2D eigenvalue weighted by atomic mass is 19.1. The van der Waals surface area contributed by atoms with Crippen LogP contribution in [0, 0.1) is 11.6 Å². The third-order valence-electron chi connectivity index (χ3n) is 5.94. The van der Waals surface area contributed by atoms with Crippen molar-refractivity contribution in [2.24, 2.45) is 0 Å². The van der Waals surface area contributed by atoms with E-state index in [4.69, 9.17) is 0 Å². The van der Waals surface area contributed by atoms with E-state index in [0.29, 0.717) is 24.1 Å². The molecule has 0 aliphatic heterocycles. The minimum atomic E-state index is -0.745. The molecule has 3 amide bonds. The molecule has 0 aromatic heterocycles. The van der Waals surface area contributed by atoms with E-state index in [1.165, 1.54) is 18.2 Å². The van der Waals surface area contributed by atoms with E-state index in [1.807, 2.05) is 0 Å². The Kier molecular flexibility index (Phi) is 5.70. The Morgan fingerprint density at radius 2 is 1.67 bits per heavy atom. The van der Waals surface area contributed by atoms with Crippen LogP contribution in [-0.4, -0.2) is 24.5 Å². The van der Waals surface area contributed by atoms with Gasteiger partial charge in [-0.15, -0.1) is 0 Å². The monoisotopic (exact) mass is 413 g/mol. The number of nitrogens with one attached hydrogen (secondary N) is 3. The van der Waals surface area contributed by atoms with E-state index in [9.17, 15) is 18.4 Å². The van der Waals surface area contributed by atoms with Gasteiger partial charge in [0.15, 0.2) is 0 Å². The summed E-state index contributed by atoms with van der Waals surface area (Å²) in [6.45, 7) is 0.156. The lowest BCUT2D eigenvalue weighted by Gasteiger charge is -2.30. The van der Waals surface area contributed by atoms with Crippen LogP contribution < -0.4 is 16.0 Å². The molecular formula is C23H25F2N3O2. The molecule has 0 unspecified atom stereocenters. The molecule has 0 atom stereocenters. The van der Waals surface area contributed by atoms with Gasteiger partial charge in [-0.2, -0.15) is 0 Å². The molecular weight excluding hydrogens is 388 g/mol. The van der Waals surface area contributed by atoms with Gasteiger partial charge in [0.25, 0.3) is 5.91 Å². The second-order valence-electron chi connectivity index (χ2n) is 8.22. The van der Waals surface area contributed by atoms with E-state index in [0.717, 1.165) is 25.7 Å². The first kappa shape index (κ1) is 20.3. The summed E-state index contributed by atoms with van der Waals surface area (Å²) in [5.41, 5.74) is 0.207. The fourth-order valence-electron chi connectivity index (χ4n) is 4.24. The highest BCUT2D eigenvalue weighted by Crippen LogP contribution is 2.42. The van der Waals surface area contributed by atoms with Crippen LogP contribution in [0.25, 0.3) is 0 Å². The molecule has 3 N–H and O–H groups in total. The molecule has 0 spiro atoms. The van der Waals surface area contributed by atoms with E-state index >= 15 is 0 Å². The van der Waals surface area contributed by atoms with Gasteiger partial charge in [-0.1, -0.05) is 25.0 Å². The summed E-state index contributed by atoms with van der Waals surface area (Å²) in [5.74, 6) is -1.48. The summed E-state index contributed by atoms with van der Waals surface area (Å²) >= 11 is 0. The Morgan fingerprint density at radius 1 is 1.00 bits per heavy atom. The molecule has 2 aromatic rings. The number of hydrogen-bond donors (Lipinski definition) is 3. The van der Waals surface area contributed by atoms with Crippen molar-refractivity contribution < 1.29 is 18.4 Å². The predicted molar refractivity (Wildman–Crippen MR) is 110 cm³/mol. The molecule has 2 saturated carbocycles. The lowest BCUT2D eigenvalue weighted by Crippen LogP contribution is -2.40. The zero-order valence-electron chi connectivity index (χ0n) is 16.6. The second kappa shape index (κ2) is 8.42. The lowest BCUT2D eigenvalue weighted by molar-refractivity contribution is 0.0942. The number of halogens is 2. The van der Waals surface area contributed by atoms with Gasteiger partial charge in [-0.25, -0.2) is 13.6 Å². The summed E-state index contributed by atoms with van der Waals surface area (Å²) in [5, 5.41) is 8.41. The normalized spacial score (nSPS) is 17.4. The van der Waals surface area contributed by atoms with Crippen LogP contribution in [0.5, 0.6) is 0 Å². The van der Waals surface area contributed by atoms with Gasteiger partial charge >= 0.3 is 6.03 Å². The van der Waals surface area contributed by atoms with E-state index in [2.05, 4.69) is 16.0 Å². The average molecular weight is 413 g/mol. The molecule has 30 heavy (non-hydrogen) atoms. The maximum atomic E-state index is 14.5. The van der Waals surface area contributed by atoms with E-state index in [1.54, 1.807) is 24.3 Å². The van der Waals surface area contributed by atoms with Crippen molar-refractivity contribution in [3.8, 4) is 0 Å². The second-order valence-corrected chi connectivity index (χ2v) is 8.22. The van der Waals surface area contributed by atoms with Crippen LogP contribution in [0.3, 0.4) is 0 Å². The third kappa shape index (κ3) is 4.45. The molecule has 0 radical (unpaired) electrons. The summed E-state index contributed by atoms with van der Waals surface area (Å²) in [6, 6.07) is 10.4. The van der Waals surface area contributed by atoms with Gasteiger partial charge < -0.3 is 16.0 Å². The number of anilines is 1. The van der Waals surface area contributed by atoms with Gasteiger partial charge in [0.2, 0.25) is 0 Å². The molecule has 0 saturated heterocycles. The quantitative estimate of drug-likeness (QED) is 0.653. The Morgan fingerprint density at radius 3 is 2.33 bits per heavy atom. The first-order valence-electron chi connectivity index (χ1n) is 10.4. The number of hydrogen-bond acceptors (Lipinski definition) is 2. The Labute approximate surface area is 174 Å². The van der Waals surface area contributed by atoms with Gasteiger partial charge in [0.1, 0.15) is 11.6 Å². The summed E-state index contributed by atoms with van der Waals surface area (Å²) in [4.78, 5) is 24.7.